The third kappa shape index (κ3) is 3.47. The van der Waals surface area contributed by atoms with Crippen molar-refractivity contribution in [2.75, 3.05) is 5.33 Å². The smallest absolute Gasteiger partial charge is 0.255 e. The first-order valence-electron chi connectivity index (χ1n) is 6.35. The Morgan fingerprint density at radius 1 is 1.19 bits per heavy atom. The van der Waals surface area contributed by atoms with Gasteiger partial charge in [0, 0.05) is 5.33 Å². The fourth-order valence-corrected chi connectivity index (χ4v) is 2.44. The fourth-order valence-electron chi connectivity index (χ4n) is 1.98. The molecule has 0 aliphatic heterocycles. The van der Waals surface area contributed by atoms with Gasteiger partial charge in [-0.2, -0.15) is 0 Å². The number of amides is 1. The Kier molecular flexibility index (Phi) is 4.73. The van der Waals surface area contributed by atoms with E-state index < -0.39 is 23.1 Å². The lowest BCUT2D eigenvalue weighted by molar-refractivity contribution is 0.0909. The predicted molar refractivity (Wildman–Crippen MR) is 81.4 cm³/mol. The van der Waals surface area contributed by atoms with Crippen LogP contribution in [0.2, 0.25) is 0 Å². The second kappa shape index (κ2) is 6.35. The number of hydrogen-bond donors (Lipinski definition) is 1. The number of halogens is 3. The molecule has 0 fully saturated rings. The second-order valence-corrected chi connectivity index (χ2v) is 5.47. The molecule has 0 aromatic heterocycles. The van der Waals surface area contributed by atoms with Crippen LogP contribution in [0.4, 0.5) is 8.78 Å². The van der Waals surface area contributed by atoms with E-state index in [4.69, 9.17) is 0 Å². The summed E-state index contributed by atoms with van der Waals surface area (Å²) >= 11 is 3.36. The van der Waals surface area contributed by atoms with Crippen molar-refractivity contribution in [3.63, 3.8) is 0 Å². The first-order valence-corrected chi connectivity index (χ1v) is 7.47. The highest BCUT2D eigenvalue weighted by molar-refractivity contribution is 9.09. The van der Waals surface area contributed by atoms with E-state index in [0.717, 1.165) is 23.8 Å². The number of nitrogens with one attached hydrogen (secondary N) is 1. The second-order valence-electron chi connectivity index (χ2n) is 4.91. The molecule has 1 unspecified atom stereocenters. The molecule has 0 aliphatic rings. The highest BCUT2D eigenvalue weighted by Gasteiger charge is 2.28. The molecule has 21 heavy (non-hydrogen) atoms. The lowest BCUT2D eigenvalue weighted by atomic mass is 9.94. The van der Waals surface area contributed by atoms with Crippen LogP contribution in [0.5, 0.6) is 0 Å². The summed E-state index contributed by atoms with van der Waals surface area (Å²) in [5.74, 6) is -2.06. The Morgan fingerprint density at radius 2 is 1.86 bits per heavy atom. The number of rotatable bonds is 4. The van der Waals surface area contributed by atoms with Gasteiger partial charge in [0.1, 0.15) is 11.6 Å². The van der Waals surface area contributed by atoms with Crippen molar-refractivity contribution >= 4 is 21.8 Å². The van der Waals surface area contributed by atoms with E-state index in [1.165, 1.54) is 0 Å². The van der Waals surface area contributed by atoms with Crippen molar-refractivity contribution in [3.05, 3.63) is 71.3 Å². The number of hydrogen-bond acceptors (Lipinski definition) is 1. The minimum atomic E-state index is -0.751. The molecule has 0 saturated heterocycles. The van der Waals surface area contributed by atoms with Gasteiger partial charge in [0.25, 0.3) is 5.91 Å². The van der Waals surface area contributed by atoms with Crippen LogP contribution in [0.1, 0.15) is 22.8 Å². The zero-order chi connectivity index (χ0) is 15.5. The van der Waals surface area contributed by atoms with Gasteiger partial charge < -0.3 is 5.32 Å². The van der Waals surface area contributed by atoms with Crippen molar-refractivity contribution < 1.29 is 13.6 Å². The van der Waals surface area contributed by atoms with Gasteiger partial charge in [-0.15, -0.1) is 0 Å². The molecule has 2 aromatic carbocycles. The molecule has 0 radical (unpaired) electrons. The van der Waals surface area contributed by atoms with Gasteiger partial charge >= 0.3 is 0 Å². The SMILES string of the molecule is CC(CBr)(NC(=O)c1cc(F)ccc1F)c1ccccc1. The summed E-state index contributed by atoms with van der Waals surface area (Å²) in [5, 5.41) is 3.19. The van der Waals surface area contributed by atoms with Crippen LogP contribution in [-0.2, 0) is 5.54 Å². The van der Waals surface area contributed by atoms with E-state index in [9.17, 15) is 13.6 Å². The molecule has 0 saturated carbocycles. The third-order valence-electron chi connectivity index (χ3n) is 3.24. The van der Waals surface area contributed by atoms with Crippen molar-refractivity contribution in [1.29, 1.82) is 0 Å². The molecule has 0 bridgehead atoms. The maximum absolute atomic E-state index is 13.7. The molecular formula is C16H14BrF2NO. The Balaban J connectivity index is 2.30. The number of benzene rings is 2. The van der Waals surface area contributed by atoms with Crippen LogP contribution in [-0.4, -0.2) is 11.2 Å². The summed E-state index contributed by atoms with van der Waals surface area (Å²) in [6, 6.07) is 12.1. The summed E-state index contributed by atoms with van der Waals surface area (Å²) in [6.07, 6.45) is 0. The van der Waals surface area contributed by atoms with Crippen LogP contribution in [0.3, 0.4) is 0 Å². The molecule has 2 nitrogen and oxygen atoms in total. The van der Waals surface area contributed by atoms with Crippen molar-refractivity contribution in [2.45, 2.75) is 12.5 Å². The number of carbonyl (C=O) groups excluding carboxylic acids is 1. The van der Waals surface area contributed by atoms with Crippen LogP contribution in [0.15, 0.2) is 48.5 Å². The minimum Gasteiger partial charge on any atom is -0.342 e. The fraction of sp³-hybridized carbons (Fsp3) is 0.188. The molecule has 1 N–H and O–H groups in total. The van der Waals surface area contributed by atoms with Gasteiger partial charge in [0.2, 0.25) is 0 Å². The molecular weight excluding hydrogens is 340 g/mol. The molecule has 0 spiro atoms. The molecule has 0 heterocycles. The molecule has 2 aromatic rings. The van der Waals surface area contributed by atoms with Crippen molar-refractivity contribution in [2.24, 2.45) is 0 Å². The molecule has 2 rings (SSSR count). The Morgan fingerprint density at radius 3 is 2.48 bits per heavy atom. The van der Waals surface area contributed by atoms with Crippen molar-refractivity contribution in [3.8, 4) is 0 Å². The Labute approximate surface area is 130 Å². The molecule has 5 heteroatoms. The monoisotopic (exact) mass is 353 g/mol. The quantitative estimate of drug-likeness (QED) is 0.826. The van der Waals surface area contributed by atoms with E-state index in [1.807, 2.05) is 37.3 Å². The summed E-state index contributed by atoms with van der Waals surface area (Å²) in [7, 11) is 0. The lowest BCUT2D eigenvalue weighted by Gasteiger charge is -2.29. The Bertz CT molecular complexity index is 648. The van der Waals surface area contributed by atoms with Crippen LogP contribution >= 0.6 is 15.9 Å². The topological polar surface area (TPSA) is 29.1 Å². The lowest BCUT2D eigenvalue weighted by Crippen LogP contribution is -2.45. The zero-order valence-corrected chi connectivity index (χ0v) is 13.0. The van der Waals surface area contributed by atoms with Gasteiger partial charge in [0.05, 0.1) is 11.1 Å². The summed E-state index contributed by atoms with van der Waals surface area (Å²) in [5.41, 5.74) is -0.165. The van der Waals surface area contributed by atoms with Gasteiger partial charge in [-0.3, -0.25) is 4.79 Å². The first kappa shape index (κ1) is 15.6. The minimum absolute atomic E-state index is 0.307. The number of alkyl halides is 1. The molecule has 110 valence electrons. The number of carbonyl (C=O) groups is 1. The van der Waals surface area contributed by atoms with Gasteiger partial charge in [-0.25, -0.2) is 8.78 Å². The largest absolute Gasteiger partial charge is 0.342 e. The summed E-state index contributed by atoms with van der Waals surface area (Å²) in [6.45, 7) is 1.81. The normalized spacial score (nSPS) is 13.5. The summed E-state index contributed by atoms with van der Waals surface area (Å²) in [4.78, 5) is 12.2. The maximum atomic E-state index is 13.7. The Hall–Kier alpha value is -1.75. The first-order chi connectivity index (χ1) is 9.96. The average molecular weight is 354 g/mol. The van der Waals surface area contributed by atoms with Crippen molar-refractivity contribution in [1.82, 2.24) is 5.32 Å². The maximum Gasteiger partial charge on any atom is 0.255 e. The summed E-state index contributed by atoms with van der Waals surface area (Å²) < 4.78 is 26.9. The highest BCUT2D eigenvalue weighted by Crippen LogP contribution is 2.24. The van der Waals surface area contributed by atoms with Gasteiger partial charge in [-0.1, -0.05) is 46.3 Å². The predicted octanol–water partition coefficient (Wildman–Crippen LogP) is 4.00. The van der Waals surface area contributed by atoms with Gasteiger partial charge in [0.15, 0.2) is 0 Å². The van der Waals surface area contributed by atoms with E-state index in [1.54, 1.807) is 0 Å². The van der Waals surface area contributed by atoms with Crippen LogP contribution in [0.25, 0.3) is 0 Å². The standard InChI is InChI=1S/C16H14BrF2NO/c1-16(10-17,11-5-3-2-4-6-11)20-15(21)13-9-12(18)7-8-14(13)19/h2-9H,10H2,1H3,(H,20,21). The van der Waals surface area contributed by atoms with Crippen LogP contribution in [0, 0.1) is 11.6 Å². The molecule has 1 atom stereocenters. The van der Waals surface area contributed by atoms with E-state index in [-0.39, 0.29) is 5.56 Å². The zero-order valence-electron chi connectivity index (χ0n) is 11.4. The average Bonchev–Trinajstić information content (AvgIpc) is 2.50. The van der Waals surface area contributed by atoms with Gasteiger partial charge in [-0.05, 0) is 30.7 Å². The van der Waals surface area contributed by atoms with E-state index >= 15 is 0 Å². The van der Waals surface area contributed by atoms with E-state index in [0.29, 0.717) is 5.33 Å². The van der Waals surface area contributed by atoms with E-state index in [2.05, 4.69) is 21.2 Å². The molecule has 1 amide bonds. The molecule has 0 aliphatic carbocycles. The third-order valence-corrected chi connectivity index (χ3v) is 4.36. The highest BCUT2D eigenvalue weighted by atomic mass is 79.9. The van der Waals surface area contributed by atoms with Crippen LogP contribution < -0.4 is 5.32 Å².